The molecule has 0 bridgehead atoms. The van der Waals surface area contributed by atoms with Crippen LogP contribution in [-0.4, -0.2) is 46.7 Å². The maximum absolute atomic E-state index is 12.3. The topological polar surface area (TPSA) is 80.5 Å². The zero-order valence-corrected chi connectivity index (χ0v) is 13.6. The van der Waals surface area contributed by atoms with Crippen LogP contribution in [0.1, 0.15) is 22.8 Å². The lowest BCUT2D eigenvalue weighted by atomic mass is 10.0. The molecule has 0 aliphatic carbocycles. The average molecular weight is 328 g/mol. The molecule has 2 aliphatic rings. The molecule has 0 spiro atoms. The van der Waals surface area contributed by atoms with Gasteiger partial charge in [-0.3, -0.25) is 9.69 Å². The van der Waals surface area contributed by atoms with Crippen LogP contribution < -0.4 is 10.1 Å². The molecule has 7 heteroatoms. The number of benzene rings is 1. The van der Waals surface area contributed by atoms with Crippen molar-refractivity contribution in [3.63, 3.8) is 0 Å². The van der Waals surface area contributed by atoms with Crippen molar-refractivity contribution in [2.75, 3.05) is 19.7 Å². The van der Waals surface area contributed by atoms with Gasteiger partial charge in [0.1, 0.15) is 5.75 Å². The highest BCUT2D eigenvalue weighted by Gasteiger charge is 2.31. The van der Waals surface area contributed by atoms with Crippen LogP contribution in [0.5, 0.6) is 5.75 Å². The summed E-state index contributed by atoms with van der Waals surface area (Å²) in [7, 11) is 0. The molecule has 1 aromatic carbocycles. The van der Waals surface area contributed by atoms with E-state index in [4.69, 9.17) is 9.26 Å². The number of fused-ring (bicyclic) bond motifs is 1. The second-order valence-corrected chi connectivity index (χ2v) is 6.26. The van der Waals surface area contributed by atoms with Gasteiger partial charge in [-0.25, -0.2) is 0 Å². The van der Waals surface area contributed by atoms with E-state index in [1.807, 2.05) is 6.07 Å². The number of piperazine rings is 1. The molecule has 1 aromatic heterocycles. The minimum absolute atomic E-state index is 0.0154. The van der Waals surface area contributed by atoms with Crippen LogP contribution >= 0.6 is 0 Å². The number of hydrogen-bond acceptors (Lipinski definition) is 6. The van der Waals surface area contributed by atoms with E-state index in [2.05, 4.69) is 32.5 Å². The average Bonchev–Trinajstić information content (AvgIpc) is 3.19. The molecule has 1 saturated heterocycles. The summed E-state index contributed by atoms with van der Waals surface area (Å²) in [5.41, 5.74) is 2.44. The number of ether oxygens (including phenoxy) is 1. The Morgan fingerprint density at radius 2 is 2.33 bits per heavy atom. The molecule has 0 radical (unpaired) electrons. The molecule has 1 fully saturated rings. The van der Waals surface area contributed by atoms with Crippen molar-refractivity contribution in [1.29, 1.82) is 0 Å². The Bertz CT molecular complexity index is 758. The SMILES string of the molecule is Cc1noc(CC2C(=O)NCCN2Cc2ccc3c(c2)CCO3)n1. The second kappa shape index (κ2) is 6.24. The molecule has 4 rings (SSSR count). The number of carbonyl (C=O) groups excluding carboxylic acids is 1. The van der Waals surface area contributed by atoms with Gasteiger partial charge in [0.25, 0.3) is 0 Å². The van der Waals surface area contributed by atoms with Crippen LogP contribution in [0.4, 0.5) is 0 Å². The zero-order chi connectivity index (χ0) is 16.5. The van der Waals surface area contributed by atoms with Crippen molar-refractivity contribution in [1.82, 2.24) is 20.4 Å². The standard InChI is InChI=1S/C17H20N4O3/c1-11-19-16(24-20-11)9-14-17(22)18-5-6-21(14)10-12-2-3-15-13(8-12)4-7-23-15/h2-3,8,14H,4-7,9-10H2,1H3,(H,18,22). The van der Waals surface area contributed by atoms with E-state index < -0.39 is 0 Å². The summed E-state index contributed by atoms with van der Waals surface area (Å²) in [6, 6.07) is 5.99. The van der Waals surface area contributed by atoms with Crippen LogP contribution in [0.2, 0.25) is 0 Å². The number of carbonyl (C=O) groups is 1. The Kier molecular flexibility index (Phi) is 3.93. The first kappa shape index (κ1) is 15.1. The van der Waals surface area contributed by atoms with Gasteiger partial charge in [0, 0.05) is 26.1 Å². The lowest BCUT2D eigenvalue weighted by Crippen LogP contribution is -2.55. The summed E-state index contributed by atoms with van der Waals surface area (Å²) in [6.45, 7) is 4.71. The normalized spacial score (nSPS) is 20.5. The Morgan fingerprint density at radius 1 is 1.42 bits per heavy atom. The Labute approximate surface area is 140 Å². The van der Waals surface area contributed by atoms with Crippen LogP contribution in [0.25, 0.3) is 0 Å². The van der Waals surface area contributed by atoms with Crippen LogP contribution in [0, 0.1) is 6.92 Å². The summed E-state index contributed by atoms with van der Waals surface area (Å²) >= 11 is 0. The lowest BCUT2D eigenvalue weighted by molar-refractivity contribution is -0.129. The van der Waals surface area contributed by atoms with Gasteiger partial charge >= 0.3 is 0 Å². The van der Waals surface area contributed by atoms with Gasteiger partial charge < -0.3 is 14.6 Å². The van der Waals surface area contributed by atoms with Crippen molar-refractivity contribution < 1.29 is 14.1 Å². The van der Waals surface area contributed by atoms with Gasteiger partial charge in [0.05, 0.1) is 19.1 Å². The fourth-order valence-electron chi connectivity index (χ4n) is 3.33. The van der Waals surface area contributed by atoms with E-state index in [-0.39, 0.29) is 11.9 Å². The number of nitrogens with one attached hydrogen (secondary N) is 1. The summed E-state index contributed by atoms with van der Waals surface area (Å²) in [5.74, 6) is 2.09. The number of aromatic nitrogens is 2. The highest BCUT2D eigenvalue weighted by Crippen LogP contribution is 2.27. The minimum atomic E-state index is -0.289. The van der Waals surface area contributed by atoms with E-state index in [1.165, 1.54) is 11.1 Å². The molecule has 2 aromatic rings. The number of hydrogen-bond donors (Lipinski definition) is 1. The van der Waals surface area contributed by atoms with Crippen molar-refractivity contribution in [2.45, 2.75) is 32.4 Å². The quantitative estimate of drug-likeness (QED) is 0.896. The molecule has 1 atom stereocenters. The predicted molar refractivity (Wildman–Crippen MR) is 85.6 cm³/mol. The number of amides is 1. The second-order valence-electron chi connectivity index (χ2n) is 6.26. The molecule has 7 nitrogen and oxygen atoms in total. The smallest absolute Gasteiger partial charge is 0.237 e. The maximum atomic E-state index is 12.3. The van der Waals surface area contributed by atoms with E-state index in [1.54, 1.807) is 6.92 Å². The van der Waals surface area contributed by atoms with Crippen LogP contribution in [-0.2, 0) is 24.2 Å². The van der Waals surface area contributed by atoms with E-state index in [0.717, 1.165) is 31.9 Å². The van der Waals surface area contributed by atoms with Crippen molar-refractivity contribution in [3.8, 4) is 5.75 Å². The summed E-state index contributed by atoms with van der Waals surface area (Å²) in [4.78, 5) is 18.7. The van der Waals surface area contributed by atoms with Crippen LogP contribution in [0.15, 0.2) is 22.7 Å². The molecule has 0 saturated carbocycles. The number of rotatable bonds is 4. The summed E-state index contributed by atoms with van der Waals surface area (Å²) < 4.78 is 10.7. The van der Waals surface area contributed by atoms with Crippen molar-refractivity contribution in [2.24, 2.45) is 0 Å². The Hall–Kier alpha value is -2.41. The third kappa shape index (κ3) is 2.99. The first-order valence-electron chi connectivity index (χ1n) is 8.24. The first-order chi connectivity index (χ1) is 11.7. The van der Waals surface area contributed by atoms with E-state index in [0.29, 0.717) is 24.7 Å². The van der Waals surface area contributed by atoms with Crippen LogP contribution in [0.3, 0.4) is 0 Å². The lowest BCUT2D eigenvalue weighted by Gasteiger charge is -2.34. The fraction of sp³-hybridized carbons (Fsp3) is 0.471. The van der Waals surface area contributed by atoms with Crippen molar-refractivity contribution >= 4 is 5.91 Å². The molecule has 1 unspecified atom stereocenters. The third-order valence-electron chi connectivity index (χ3n) is 4.52. The third-order valence-corrected chi connectivity index (χ3v) is 4.52. The molecule has 24 heavy (non-hydrogen) atoms. The number of nitrogens with zero attached hydrogens (tertiary/aromatic N) is 3. The molecule has 1 N–H and O–H groups in total. The van der Waals surface area contributed by atoms with Gasteiger partial charge in [-0.2, -0.15) is 4.98 Å². The van der Waals surface area contributed by atoms with E-state index in [9.17, 15) is 4.79 Å². The van der Waals surface area contributed by atoms with Gasteiger partial charge in [-0.1, -0.05) is 17.3 Å². The van der Waals surface area contributed by atoms with Crippen molar-refractivity contribution in [3.05, 3.63) is 41.0 Å². The fourth-order valence-corrected chi connectivity index (χ4v) is 3.33. The summed E-state index contributed by atoms with van der Waals surface area (Å²) in [6.07, 6.45) is 1.38. The van der Waals surface area contributed by atoms with Gasteiger partial charge in [0.15, 0.2) is 5.82 Å². The maximum Gasteiger partial charge on any atom is 0.237 e. The highest BCUT2D eigenvalue weighted by molar-refractivity contribution is 5.82. The molecule has 2 aliphatic heterocycles. The Morgan fingerprint density at radius 3 is 3.17 bits per heavy atom. The molecule has 3 heterocycles. The summed E-state index contributed by atoms with van der Waals surface area (Å²) in [5, 5.41) is 6.73. The highest BCUT2D eigenvalue weighted by atomic mass is 16.5. The van der Waals surface area contributed by atoms with Gasteiger partial charge in [-0.05, 0) is 24.1 Å². The molecule has 1 amide bonds. The van der Waals surface area contributed by atoms with Gasteiger partial charge in [0.2, 0.25) is 11.8 Å². The molecular weight excluding hydrogens is 308 g/mol. The first-order valence-corrected chi connectivity index (χ1v) is 8.24. The largest absolute Gasteiger partial charge is 0.493 e. The zero-order valence-electron chi connectivity index (χ0n) is 13.6. The van der Waals surface area contributed by atoms with Gasteiger partial charge in [-0.15, -0.1) is 0 Å². The molecule has 126 valence electrons. The minimum Gasteiger partial charge on any atom is -0.493 e. The monoisotopic (exact) mass is 328 g/mol. The Balaban J connectivity index is 1.51. The van der Waals surface area contributed by atoms with E-state index >= 15 is 0 Å². The number of aryl methyl sites for hydroxylation is 1. The predicted octanol–water partition coefficient (Wildman–Crippen LogP) is 0.856. The molecular formula is C17H20N4O3.